The molecule has 4 aromatic rings. The number of aromatic amines is 2. The van der Waals surface area contributed by atoms with Crippen LogP contribution in [0, 0.1) is 0 Å². The Labute approximate surface area is 185 Å². The minimum atomic E-state index is 0.237. The van der Waals surface area contributed by atoms with Gasteiger partial charge in [-0.1, -0.05) is 0 Å². The van der Waals surface area contributed by atoms with Crippen molar-refractivity contribution < 1.29 is 9.53 Å². The lowest BCUT2D eigenvalue weighted by atomic mass is 10.2. The molecule has 0 atom stereocenters. The minimum absolute atomic E-state index is 0.237. The first-order valence-corrected chi connectivity index (χ1v) is 10.9. The van der Waals surface area contributed by atoms with Gasteiger partial charge in [0.2, 0.25) is 11.9 Å². The number of anilines is 2. The quantitative estimate of drug-likeness (QED) is 0.365. The summed E-state index contributed by atoms with van der Waals surface area (Å²) in [4.78, 5) is 18.5. The number of nitrogens with zero attached hydrogens (tertiary/aromatic N) is 4. The fourth-order valence-corrected chi connectivity index (χ4v) is 3.84. The number of carbonyl (C=O) groups excluding carboxylic acids is 1. The zero-order chi connectivity index (χ0) is 21.8. The second kappa shape index (κ2) is 9.09. The molecule has 1 saturated heterocycles. The Morgan fingerprint density at radius 3 is 2.78 bits per heavy atom. The maximum Gasteiger partial charge on any atom is 0.246 e. The summed E-state index contributed by atoms with van der Waals surface area (Å²) in [6.45, 7) is 2.33. The van der Waals surface area contributed by atoms with Crippen molar-refractivity contribution in [2.75, 3.05) is 25.0 Å². The van der Waals surface area contributed by atoms with Gasteiger partial charge in [-0.05, 0) is 61.7 Å². The van der Waals surface area contributed by atoms with Crippen molar-refractivity contribution in [3.63, 3.8) is 0 Å². The van der Waals surface area contributed by atoms with Crippen LogP contribution in [0.25, 0.3) is 22.3 Å². The van der Waals surface area contributed by atoms with Gasteiger partial charge in [0.05, 0.1) is 18.3 Å². The standard InChI is InChI=1S/C23H25N7O2/c31-21(30-11-1-2-12-30)4-3-13-32-19-8-5-16(6-9-19)22-26-23(29-28-22)25-18-7-10-20-17(14-18)15-24-27-20/h5-10,14-15H,1-4,11-13H2,(H,24,27)(H2,25,26,28,29). The van der Waals surface area contributed by atoms with Crippen LogP contribution in [0.1, 0.15) is 25.7 Å². The van der Waals surface area contributed by atoms with Gasteiger partial charge in [-0.2, -0.15) is 10.1 Å². The number of carbonyl (C=O) groups is 1. The van der Waals surface area contributed by atoms with Crippen molar-refractivity contribution >= 4 is 28.4 Å². The molecule has 32 heavy (non-hydrogen) atoms. The van der Waals surface area contributed by atoms with Crippen LogP contribution in [0.2, 0.25) is 0 Å². The molecule has 9 heteroatoms. The molecule has 0 unspecified atom stereocenters. The summed E-state index contributed by atoms with van der Waals surface area (Å²) in [6, 6.07) is 13.6. The third kappa shape index (κ3) is 4.56. The lowest BCUT2D eigenvalue weighted by molar-refractivity contribution is -0.130. The molecule has 1 fully saturated rings. The second-order valence-electron chi connectivity index (χ2n) is 7.87. The Bertz CT molecular complexity index is 1190. The molecule has 0 radical (unpaired) electrons. The summed E-state index contributed by atoms with van der Waals surface area (Å²) in [7, 11) is 0. The number of likely N-dealkylation sites (tertiary alicyclic amines) is 1. The first kappa shape index (κ1) is 20.0. The number of rotatable bonds is 8. The van der Waals surface area contributed by atoms with Crippen molar-refractivity contribution in [3.8, 4) is 17.1 Å². The Kier molecular flexibility index (Phi) is 5.69. The average Bonchev–Trinajstić information content (AvgIpc) is 3.59. The summed E-state index contributed by atoms with van der Waals surface area (Å²) in [5, 5.41) is 18.4. The molecule has 2 aromatic heterocycles. The molecule has 3 N–H and O–H groups in total. The van der Waals surface area contributed by atoms with Crippen molar-refractivity contribution in [1.29, 1.82) is 0 Å². The van der Waals surface area contributed by atoms with Crippen LogP contribution >= 0.6 is 0 Å². The number of aromatic nitrogens is 5. The lowest BCUT2D eigenvalue weighted by Gasteiger charge is -2.15. The largest absolute Gasteiger partial charge is 0.494 e. The molecule has 1 aliphatic heterocycles. The zero-order valence-electron chi connectivity index (χ0n) is 17.7. The smallest absolute Gasteiger partial charge is 0.246 e. The maximum absolute atomic E-state index is 12.1. The first-order chi connectivity index (χ1) is 15.7. The topological polar surface area (TPSA) is 112 Å². The van der Waals surface area contributed by atoms with Crippen LogP contribution < -0.4 is 10.1 Å². The molecule has 0 aliphatic carbocycles. The highest BCUT2D eigenvalue weighted by Gasteiger charge is 2.17. The van der Waals surface area contributed by atoms with E-state index in [1.165, 1.54) is 0 Å². The van der Waals surface area contributed by atoms with Crippen LogP contribution in [-0.4, -0.2) is 55.9 Å². The molecule has 0 saturated carbocycles. The number of nitrogens with one attached hydrogen (secondary N) is 3. The number of amides is 1. The van der Waals surface area contributed by atoms with E-state index in [9.17, 15) is 4.79 Å². The van der Waals surface area contributed by atoms with E-state index in [-0.39, 0.29) is 5.91 Å². The first-order valence-electron chi connectivity index (χ1n) is 10.9. The third-order valence-electron chi connectivity index (χ3n) is 5.57. The van der Waals surface area contributed by atoms with E-state index in [0.717, 1.165) is 60.3 Å². The normalized spacial score (nSPS) is 13.6. The van der Waals surface area contributed by atoms with E-state index >= 15 is 0 Å². The lowest BCUT2D eigenvalue weighted by Crippen LogP contribution is -2.27. The predicted molar refractivity (Wildman–Crippen MR) is 122 cm³/mol. The van der Waals surface area contributed by atoms with Gasteiger partial charge in [0.25, 0.3) is 0 Å². The number of hydrogen-bond acceptors (Lipinski definition) is 6. The zero-order valence-corrected chi connectivity index (χ0v) is 17.7. The maximum atomic E-state index is 12.1. The second-order valence-corrected chi connectivity index (χ2v) is 7.87. The monoisotopic (exact) mass is 431 g/mol. The summed E-state index contributed by atoms with van der Waals surface area (Å²) in [5.41, 5.74) is 2.77. The molecule has 1 aliphatic rings. The molecule has 1 amide bonds. The fourth-order valence-electron chi connectivity index (χ4n) is 3.84. The fraction of sp³-hybridized carbons (Fsp3) is 0.304. The molecule has 3 heterocycles. The molecule has 164 valence electrons. The van der Waals surface area contributed by atoms with E-state index in [1.807, 2.05) is 47.4 Å². The van der Waals surface area contributed by atoms with Gasteiger partial charge < -0.3 is 15.0 Å². The number of ether oxygens (including phenoxy) is 1. The number of hydrogen-bond donors (Lipinski definition) is 3. The molecule has 0 spiro atoms. The Hall–Kier alpha value is -3.88. The summed E-state index contributed by atoms with van der Waals surface area (Å²) < 4.78 is 5.79. The minimum Gasteiger partial charge on any atom is -0.494 e. The van der Waals surface area contributed by atoms with Gasteiger partial charge in [-0.25, -0.2) is 0 Å². The summed E-state index contributed by atoms with van der Waals surface area (Å²) >= 11 is 0. The van der Waals surface area contributed by atoms with Crippen molar-refractivity contribution in [3.05, 3.63) is 48.7 Å². The molecular weight excluding hydrogens is 406 g/mol. The van der Waals surface area contributed by atoms with Crippen LogP contribution in [0.15, 0.2) is 48.7 Å². The molecule has 0 bridgehead atoms. The van der Waals surface area contributed by atoms with E-state index in [4.69, 9.17) is 4.74 Å². The summed E-state index contributed by atoms with van der Waals surface area (Å²) in [6.07, 6.45) is 5.29. The highest BCUT2D eigenvalue weighted by molar-refractivity contribution is 5.82. The SMILES string of the molecule is O=C(CCCOc1ccc(-c2nc(Nc3ccc4[nH]ncc4c3)n[nH]2)cc1)N1CCCC1. The van der Waals surface area contributed by atoms with Gasteiger partial charge in [-0.3, -0.25) is 15.0 Å². The predicted octanol–water partition coefficient (Wildman–Crippen LogP) is 3.87. The number of fused-ring (bicyclic) bond motifs is 1. The van der Waals surface area contributed by atoms with E-state index in [2.05, 4.69) is 30.7 Å². The Morgan fingerprint density at radius 1 is 1.09 bits per heavy atom. The van der Waals surface area contributed by atoms with E-state index < -0.39 is 0 Å². The Morgan fingerprint density at radius 2 is 1.94 bits per heavy atom. The van der Waals surface area contributed by atoms with E-state index in [1.54, 1.807) is 6.20 Å². The van der Waals surface area contributed by atoms with Crippen molar-refractivity contribution in [2.45, 2.75) is 25.7 Å². The van der Waals surface area contributed by atoms with Crippen LogP contribution in [-0.2, 0) is 4.79 Å². The Balaban J connectivity index is 1.13. The van der Waals surface area contributed by atoms with Gasteiger partial charge in [0.1, 0.15) is 5.75 Å². The highest BCUT2D eigenvalue weighted by Crippen LogP contribution is 2.23. The number of benzene rings is 2. The van der Waals surface area contributed by atoms with Gasteiger partial charge in [0.15, 0.2) is 5.82 Å². The van der Waals surface area contributed by atoms with Crippen molar-refractivity contribution in [2.24, 2.45) is 0 Å². The molecule has 5 rings (SSSR count). The average molecular weight is 432 g/mol. The third-order valence-corrected chi connectivity index (χ3v) is 5.57. The van der Waals surface area contributed by atoms with Crippen LogP contribution in [0.4, 0.5) is 11.6 Å². The highest BCUT2D eigenvalue weighted by atomic mass is 16.5. The molecule has 9 nitrogen and oxygen atoms in total. The van der Waals surface area contributed by atoms with Crippen LogP contribution in [0.3, 0.4) is 0 Å². The van der Waals surface area contributed by atoms with E-state index in [0.29, 0.717) is 24.8 Å². The molecule has 2 aromatic carbocycles. The van der Waals surface area contributed by atoms with Gasteiger partial charge >= 0.3 is 0 Å². The van der Waals surface area contributed by atoms with Crippen molar-refractivity contribution in [1.82, 2.24) is 30.3 Å². The van der Waals surface area contributed by atoms with Gasteiger partial charge in [-0.15, -0.1) is 5.10 Å². The van der Waals surface area contributed by atoms with Gasteiger partial charge in [0, 0.05) is 36.1 Å². The molecular formula is C23H25N7O2. The number of H-pyrrole nitrogens is 2. The van der Waals surface area contributed by atoms with Crippen LogP contribution in [0.5, 0.6) is 5.75 Å². The summed E-state index contributed by atoms with van der Waals surface area (Å²) in [5.74, 6) is 2.17.